The Kier molecular flexibility index (Phi) is 3.40. The van der Waals surface area contributed by atoms with Gasteiger partial charge >= 0.3 is 0 Å². The van der Waals surface area contributed by atoms with Crippen molar-refractivity contribution in [3.8, 4) is 0 Å². The molecule has 19 heavy (non-hydrogen) atoms. The molecule has 2 fully saturated rings. The fraction of sp³-hybridized carbons (Fsp3) is 0.647. The molecule has 0 bridgehead atoms. The molecule has 1 aromatic rings. The lowest BCUT2D eigenvalue weighted by Crippen LogP contribution is -2.57. The highest BCUT2D eigenvalue weighted by molar-refractivity contribution is 5.21. The first-order chi connectivity index (χ1) is 9.19. The van der Waals surface area contributed by atoms with Crippen LogP contribution in [0.25, 0.3) is 0 Å². The summed E-state index contributed by atoms with van der Waals surface area (Å²) >= 11 is 0. The van der Waals surface area contributed by atoms with Crippen LogP contribution in [0.5, 0.6) is 0 Å². The molecular formula is C17H25NO. The molecule has 2 saturated carbocycles. The summed E-state index contributed by atoms with van der Waals surface area (Å²) < 4.78 is 0. The third-order valence-electron chi connectivity index (χ3n) is 5.77. The van der Waals surface area contributed by atoms with E-state index in [4.69, 9.17) is 5.73 Å². The Bertz CT molecular complexity index is 411. The molecule has 2 nitrogen and oxygen atoms in total. The van der Waals surface area contributed by atoms with E-state index >= 15 is 0 Å². The first-order valence-corrected chi connectivity index (χ1v) is 7.67. The zero-order valence-corrected chi connectivity index (χ0v) is 11.6. The SMILES string of the molecule is NCC1(C2(O)CCC(c3ccccc3)CC2)CCC1. The van der Waals surface area contributed by atoms with Crippen molar-refractivity contribution in [2.75, 3.05) is 6.54 Å². The Morgan fingerprint density at radius 2 is 1.68 bits per heavy atom. The highest BCUT2D eigenvalue weighted by atomic mass is 16.3. The topological polar surface area (TPSA) is 46.2 Å². The second-order valence-electron chi connectivity index (χ2n) is 6.55. The lowest BCUT2D eigenvalue weighted by Gasteiger charge is -2.55. The third-order valence-corrected chi connectivity index (χ3v) is 5.77. The van der Waals surface area contributed by atoms with Crippen molar-refractivity contribution >= 4 is 0 Å². The van der Waals surface area contributed by atoms with E-state index in [1.54, 1.807) is 0 Å². The molecular weight excluding hydrogens is 234 g/mol. The summed E-state index contributed by atoms with van der Waals surface area (Å²) in [6.45, 7) is 0.652. The van der Waals surface area contributed by atoms with Crippen molar-refractivity contribution in [2.24, 2.45) is 11.1 Å². The van der Waals surface area contributed by atoms with Crippen molar-refractivity contribution in [2.45, 2.75) is 56.5 Å². The fourth-order valence-corrected chi connectivity index (χ4v) is 4.15. The smallest absolute Gasteiger partial charge is 0.0716 e. The molecule has 1 aromatic carbocycles. The van der Waals surface area contributed by atoms with Gasteiger partial charge in [0.05, 0.1) is 5.60 Å². The van der Waals surface area contributed by atoms with Gasteiger partial charge in [0.1, 0.15) is 0 Å². The molecule has 104 valence electrons. The lowest BCUT2D eigenvalue weighted by molar-refractivity contribution is -0.144. The van der Waals surface area contributed by atoms with Crippen molar-refractivity contribution in [3.63, 3.8) is 0 Å². The van der Waals surface area contributed by atoms with Gasteiger partial charge < -0.3 is 10.8 Å². The van der Waals surface area contributed by atoms with Gasteiger partial charge in [-0.1, -0.05) is 36.8 Å². The van der Waals surface area contributed by atoms with Crippen LogP contribution in [0.15, 0.2) is 30.3 Å². The minimum atomic E-state index is -0.495. The molecule has 2 aliphatic rings. The molecule has 0 radical (unpaired) electrons. The summed E-state index contributed by atoms with van der Waals surface area (Å²) in [5, 5.41) is 11.0. The highest BCUT2D eigenvalue weighted by Gasteiger charge is 2.53. The normalized spacial score (nSPS) is 33.7. The molecule has 0 aliphatic heterocycles. The Labute approximate surface area is 116 Å². The molecule has 0 amide bonds. The summed E-state index contributed by atoms with van der Waals surface area (Å²) in [5.74, 6) is 0.622. The van der Waals surface area contributed by atoms with Crippen LogP contribution < -0.4 is 5.73 Å². The first-order valence-electron chi connectivity index (χ1n) is 7.67. The van der Waals surface area contributed by atoms with E-state index in [9.17, 15) is 5.11 Å². The number of rotatable bonds is 3. The van der Waals surface area contributed by atoms with Crippen molar-refractivity contribution in [3.05, 3.63) is 35.9 Å². The van der Waals surface area contributed by atoms with Gasteiger partial charge in [-0.2, -0.15) is 0 Å². The summed E-state index contributed by atoms with van der Waals surface area (Å²) in [6.07, 6.45) is 7.52. The maximum Gasteiger partial charge on any atom is 0.0716 e. The van der Waals surface area contributed by atoms with E-state index in [0.717, 1.165) is 38.5 Å². The summed E-state index contributed by atoms with van der Waals surface area (Å²) in [7, 11) is 0. The quantitative estimate of drug-likeness (QED) is 0.875. The van der Waals surface area contributed by atoms with E-state index in [0.29, 0.717) is 12.5 Å². The number of nitrogens with two attached hydrogens (primary N) is 1. The van der Waals surface area contributed by atoms with Crippen LogP contribution in [0.4, 0.5) is 0 Å². The molecule has 2 heteroatoms. The van der Waals surface area contributed by atoms with E-state index in [1.807, 2.05) is 0 Å². The average Bonchev–Trinajstić information content (AvgIpc) is 2.40. The predicted molar refractivity (Wildman–Crippen MR) is 77.9 cm³/mol. The van der Waals surface area contributed by atoms with Crippen LogP contribution >= 0.6 is 0 Å². The molecule has 0 heterocycles. The zero-order chi connectivity index (χ0) is 13.3. The Morgan fingerprint density at radius 1 is 1.05 bits per heavy atom. The van der Waals surface area contributed by atoms with Crippen LogP contribution in [-0.4, -0.2) is 17.3 Å². The molecule has 2 aliphatic carbocycles. The fourth-order valence-electron chi connectivity index (χ4n) is 4.15. The van der Waals surface area contributed by atoms with Gasteiger partial charge in [-0.15, -0.1) is 0 Å². The Hall–Kier alpha value is -0.860. The maximum absolute atomic E-state index is 11.0. The number of hydrogen-bond acceptors (Lipinski definition) is 2. The Morgan fingerprint density at radius 3 is 2.16 bits per heavy atom. The van der Waals surface area contributed by atoms with Crippen molar-refractivity contribution in [1.82, 2.24) is 0 Å². The molecule has 0 unspecified atom stereocenters. The number of benzene rings is 1. The van der Waals surface area contributed by atoms with Gasteiger partial charge in [0.2, 0.25) is 0 Å². The first kappa shape index (κ1) is 13.1. The van der Waals surface area contributed by atoms with E-state index in [-0.39, 0.29) is 5.41 Å². The van der Waals surface area contributed by atoms with Gasteiger partial charge in [0.15, 0.2) is 0 Å². The zero-order valence-electron chi connectivity index (χ0n) is 11.6. The standard InChI is InChI=1S/C17H25NO/c18-13-16(9-4-10-16)17(19)11-7-15(8-12-17)14-5-2-1-3-6-14/h1-3,5-6,15,19H,4,7-13,18H2. The monoisotopic (exact) mass is 259 g/mol. The van der Waals surface area contributed by atoms with Gasteiger partial charge in [0.25, 0.3) is 0 Å². The number of aliphatic hydroxyl groups is 1. The van der Waals surface area contributed by atoms with Gasteiger partial charge in [-0.05, 0) is 50.0 Å². The summed E-state index contributed by atoms with van der Waals surface area (Å²) in [6, 6.07) is 10.7. The van der Waals surface area contributed by atoms with E-state index < -0.39 is 5.60 Å². The van der Waals surface area contributed by atoms with Gasteiger partial charge in [0, 0.05) is 12.0 Å². The minimum Gasteiger partial charge on any atom is -0.389 e. The van der Waals surface area contributed by atoms with Crippen LogP contribution in [-0.2, 0) is 0 Å². The van der Waals surface area contributed by atoms with Crippen LogP contribution in [0.1, 0.15) is 56.4 Å². The van der Waals surface area contributed by atoms with Crippen LogP contribution in [0.2, 0.25) is 0 Å². The lowest BCUT2D eigenvalue weighted by atomic mass is 9.54. The highest BCUT2D eigenvalue weighted by Crippen LogP contribution is 2.55. The minimum absolute atomic E-state index is 0.0364. The van der Waals surface area contributed by atoms with Gasteiger partial charge in [-0.25, -0.2) is 0 Å². The van der Waals surface area contributed by atoms with E-state index in [2.05, 4.69) is 30.3 Å². The molecule has 0 atom stereocenters. The predicted octanol–water partition coefficient (Wildman–Crippen LogP) is 3.20. The van der Waals surface area contributed by atoms with Crippen molar-refractivity contribution < 1.29 is 5.11 Å². The van der Waals surface area contributed by atoms with E-state index in [1.165, 1.54) is 12.0 Å². The third kappa shape index (κ3) is 2.11. The molecule has 3 rings (SSSR count). The second kappa shape index (κ2) is 4.92. The summed E-state index contributed by atoms with van der Waals surface area (Å²) in [4.78, 5) is 0. The average molecular weight is 259 g/mol. The van der Waals surface area contributed by atoms with Gasteiger partial charge in [-0.3, -0.25) is 0 Å². The molecule has 0 saturated heterocycles. The summed E-state index contributed by atoms with van der Waals surface area (Å²) in [5.41, 5.74) is 6.94. The Balaban J connectivity index is 1.69. The molecule has 0 spiro atoms. The molecule has 0 aromatic heterocycles. The second-order valence-corrected chi connectivity index (χ2v) is 6.55. The number of hydrogen-bond donors (Lipinski definition) is 2. The van der Waals surface area contributed by atoms with Crippen LogP contribution in [0.3, 0.4) is 0 Å². The van der Waals surface area contributed by atoms with Crippen molar-refractivity contribution in [1.29, 1.82) is 0 Å². The molecule has 3 N–H and O–H groups in total. The maximum atomic E-state index is 11.0. The van der Waals surface area contributed by atoms with Crippen LogP contribution in [0, 0.1) is 5.41 Å². The largest absolute Gasteiger partial charge is 0.389 e.